The van der Waals surface area contributed by atoms with Crippen LogP contribution in [0.5, 0.6) is 11.5 Å². The molecule has 1 aromatic rings. The van der Waals surface area contributed by atoms with Gasteiger partial charge in [0.05, 0.1) is 6.61 Å². The van der Waals surface area contributed by atoms with E-state index in [4.69, 9.17) is 19.4 Å². The molecule has 0 aromatic heterocycles. The van der Waals surface area contributed by atoms with Crippen LogP contribution in [-0.2, 0) is 16.0 Å². The molecule has 2 unspecified atom stereocenters. The molecular weight excluding hydrogens is 396 g/mol. The molecule has 0 fully saturated rings. The third-order valence-corrected chi connectivity index (χ3v) is 5.95. The largest absolute Gasteiger partial charge is 0.487 e. The van der Waals surface area contributed by atoms with Crippen LogP contribution in [0.15, 0.2) is 23.8 Å². The van der Waals surface area contributed by atoms with Crippen LogP contribution in [-0.4, -0.2) is 34.4 Å². The smallest absolute Gasteiger partial charge is 0.308 e. The topological polar surface area (TPSA) is 93.1 Å². The Hall–Kier alpha value is -2.34. The van der Waals surface area contributed by atoms with Crippen LogP contribution < -0.4 is 9.47 Å². The molecule has 1 aromatic carbocycles. The fourth-order valence-electron chi connectivity index (χ4n) is 4.59. The lowest BCUT2D eigenvalue weighted by Gasteiger charge is -2.47. The zero-order valence-corrected chi connectivity index (χ0v) is 19.4. The average Bonchev–Trinajstić information content (AvgIpc) is 2.66. The molecule has 0 bridgehead atoms. The van der Waals surface area contributed by atoms with Gasteiger partial charge in [-0.2, -0.15) is 0 Å². The van der Waals surface area contributed by atoms with Crippen molar-refractivity contribution in [3.8, 4) is 11.5 Å². The van der Waals surface area contributed by atoms with Gasteiger partial charge in [0.25, 0.3) is 5.97 Å². The molecule has 1 aliphatic carbocycles. The standard InChI is InChI=1S/C23H32O4.C2H4O2/c1-5-6-7-8-16-12-20(26-15(2)25)22-18-11-17(14-24)9-10-19(18)23(3,4)27-21(22)13-16;1-2(3)4/h9,12-13,18-19,24H,5-8,10-11,14H2,1-4H3;1H3,(H,3,4). The van der Waals surface area contributed by atoms with Crippen LogP contribution in [0.2, 0.25) is 0 Å². The number of esters is 1. The first-order valence-corrected chi connectivity index (χ1v) is 11.1. The number of carboxylic acid groups (broad SMARTS) is 1. The van der Waals surface area contributed by atoms with Crippen LogP contribution in [0, 0.1) is 5.92 Å². The minimum atomic E-state index is -0.833. The van der Waals surface area contributed by atoms with E-state index >= 15 is 0 Å². The van der Waals surface area contributed by atoms with Crippen molar-refractivity contribution in [3.63, 3.8) is 0 Å². The van der Waals surface area contributed by atoms with Gasteiger partial charge in [0.2, 0.25) is 0 Å². The van der Waals surface area contributed by atoms with Gasteiger partial charge < -0.3 is 19.7 Å². The summed E-state index contributed by atoms with van der Waals surface area (Å²) in [7, 11) is 0. The SMILES string of the molecule is CC(=O)O.CCCCCc1cc(OC(C)=O)c2c(c1)OC(C)(C)C1CC=C(CO)CC21. The molecule has 2 N–H and O–H groups in total. The van der Waals surface area contributed by atoms with Crippen molar-refractivity contribution in [1.29, 1.82) is 0 Å². The van der Waals surface area contributed by atoms with Crippen molar-refractivity contribution < 1.29 is 29.3 Å². The van der Waals surface area contributed by atoms with Gasteiger partial charge in [-0.15, -0.1) is 0 Å². The number of allylic oxidation sites excluding steroid dienone is 1. The molecule has 2 aliphatic rings. The summed E-state index contributed by atoms with van der Waals surface area (Å²) in [6.45, 7) is 9.08. The Morgan fingerprint density at radius 2 is 1.90 bits per heavy atom. The number of aryl methyl sites for hydroxylation is 1. The fourth-order valence-corrected chi connectivity index (χ4v) is 4.59. The lowest BCUT2D eigenvalue weighted by molar-refractivity contribution is -0.134. The first-order valence-electron chi connectivity index (χ1n) is 11.1. The van der Waals surface area contributed by atoms with Crippen LogP contribution in [0.3, 0.4) is 0 Å². The highest BCUT2D eigenvalue weighted by Gasteiger charge is 2.46. The van der Waals surface area contributed by atoms with Gasteiger partial charge in [-0.05, 0) is 62.8 Å². The van der Waals surface area contributed by atoms with Crippen molar-refractivity contribution in [2.45, 2.75) is 84.7 Å². The zero-order chi connectivity index (χ0) is 23.2. The predicted octanol–water partition coefficient (Wildman–Crippen LogP) is 5.02. The second kappa shape index (κ2) is 10.8. The number of aliphatic hydroxyl groups is 1. The number of fused-ring (bicyclic) bond motifs is 3. The lowest BCUT2D eigenvalue weighted by atomic mass is 9.67. The van der Waals surface area contributed by atoms with E-state index in [1.54, 1.807) is 0 Å². The molecule has 1 aliphatic heterocycles. The third-order valence-electron chi connectivity index (χ3n) is 5.95. The van der Waals surface area contributed by atoms with E-state index in [0.717, 1.165) is 55.1 Å². The minimum Gasteiger partial charge on any atom is -0.487 e. The molecular formula is C25H36O6. The van der Waals surface area contributed by atoms with Gasteiger partial charge in [0, 0.05) is 31.2 Å². The summed E-state index contributed by atoms with van der Waals surface area (Å²) in [4.78, 5) is 20.8. The number of carbonyl (C=O) groups is 2. The molecule has 31 heavy (non-hydrogen) atoms. The average molecular weight is 433 g/mol. The van der Waals surface area contributed by atoms with Crippen LogP contribution in [0.1, 0.15) is 83.8 Å². The van der Waals surface area contributed by atoms with Crippen molar-refractivity contribution >= 4 is 11.9 Å². The number of aliphatic carboxylic acids is 1. The van der Waals surface area contributed by atoms with E-state index in [1.165, 1.54) is 19.8 Å². The number of hydrogen-bond acceptors (Lipinski definition) is 5. The van der Waals surface area contributed by atoms with Crippen molar-refractivity contribution in [2.24, 2.45) is 5.92 Å². The number of rotatable bonds is 6. The normalized spacial score (nSPS) is 20.8. The number of aliphatic hydroxyl groups excluding tert-OH is 1. The van der Waals surface area contributed by atoms with Gasteiger partial charge >= 0.3 is 5.97 Å². The number of ether oxygens (including phenoxy) is 2. The molecule has 0 radical (unpaired) electrons. The summed E-state index contributed by atoms with van der Waals surface area (Å²) in [6.07, 6.45) is 8.21. The highest BCUT2D eigenvalue weighted by molar-refractivity contribution is 5.71. The second-order valence-corrected chi connectivity index (χ2v) is 8.95. The monoisotopic (exact) mass is 432 g/mol. The molecule has 0 saturated carbocycles. The molecule has 6 heteroatoms. The molecule has 6 nitrogen and oxygen atoms in total. The summed E-state index contributed by atoms with van der Waals surface area (Å²) in [5.41, 5.74) is 2.90. The molecule has 2 atom stereocenters. The third kappa shape index (κ3) is 6.57. The quantitative estimate of drug-likeness (QED) is 0.284. The Morgan fingerprint density at radius 3 is 2.48 bits per heavy atom. The lowest BCUT2D eigenvalue weighted by Crippen LogP contribution is -2.45. The van der Waals surface area contributed by atoms with Crippen molar-refractivity contribution in [2.75, 3.05) is 6.61 Å². The van der Waals surface area contributed by atoms with Gasteiger partial charge in [-0.3, -0.25) is 9.59 Å². The van der Waals surface area contributed by atoms with Gasteiger partial charge in [0.1, 0.15) is 17.1 Å². The van der Waals surface area contributed by atoms with E-state index in [1.807, 2.05) is 6.07 Å². The molecule has 3 rings (SSSR count). The van der Waals surface area contributed by atoms with Crippen LogP contribution >= 0.6 is 0 Å². The van der Waals surface area contributed by atoms with Gasteiger partial charge in [-0.25, -0.2) is 0 Å². The van der Waals surface area contributed by atoms with E-state index in [-0.39, 0.29) is 24.1 Å². The first kappa shape index (κ1) is 24.9. The molecule has 0 amide bonds. The fraction of sp³-hybridized carbons (Fsp3) is 0.600. The van der Waals surface area contributed by atoms with Gasteiger partial charge in [-0.1, -0.05) is 25.8 Å². The number of carboxylic acids is 1. The summed E-state index contributed by atoms with van der Waals surface area (Å²) in [5, 5.41) is 17.1. The number of benzene rings is 1. The van der Waals surface area contributed by atoms with E-state index in [0.29, 0.717) is 11.7 Å². The summed E-state index contributed by atoms with van der Waals surface area (Å²) < 4.78 is 12.1. The molecule has 1 heterocycles. The maximum Gasteiger partial charge on any atom is 0.308 e. The molecule has 172 valence electrons. The zero-order valence-electron chi connectivity index (χ0n) is 19.4. The Labute approximate surface area is 185 Å². The highest BCUT2D eigenvalue weighted by Crippen LogP contribution is 2.54. The van der Waals surface area contributed by atoms with Crippen LogP contribution in [0.4, 0.5) is 0 Å². The first-order chi connectivity index (χ1) is 14.6. The number of unbranched alkanes of at least 4 members (excludes halogenated alkanes) is 2. The van der Waals surface area contributed by atoms with E-state index < -0.39 is 5.97 Å². The maximum atomic E-state index is 11.8. The molecule has 0 saturated heterocycles. The Kier molecular flexibility index (Phi) is 8.69. The maximum absolute atomic E-state index is 11.8. The summed E-state index contributed by atoms with van der Waals surface area (Å²) >= 11 is 0. The Balaban J connectivity index is 0.000000785. The van der Waals surface area contributed by atoms with E-state index in [2.05, 4.69) is 32.9 Å². The Morgan fingerprint density at radius 1 is 1.23 bits per heavy atom. The van der Waals surface area contributed by atoms with Crippen LogP contribution in [0.25, 0.3) is 0 Å². The number of hydrogen-bond donors (Lipinski definition) is 2. The second-order valence-electron chi connectivity index (χ2n) is 8.95. The minimum absolute atomic E-state index is 0.0812. The molecule has 0 spiro atoms. The van der Waals surface area contributed by atoms with E-state index in [9.17, 15) is 9.90 Å². The highest BCUT2D eigenvalue weighted by atomic mass is 16.5. The summed E-state index contributed by atoms with van der Waals surface area (Å²) in [6, 6.07) is 4.15. The Bertz CT molecular complexity index is 820. The van der Waals surface area contributed by atoms with Crippen molar-refractivity contribution in [3.05, 3.63) is 34.9 Å². The summed E-state index contributed by atoms with van der Waals surface area (Å²) in [5.74, 6) is 0.815. The predicted molar refractivity (Wildman–Crippen MR) is 120 cm³/mol. The van der Waals surface area contributed by atoms with Crippen molar-refractivity contribution in [1.82, 2.24) is 0 Å². The number of carbonyl (C=O) groups excluding carboxylic acids is 1. The van der Waals surface area contributed by atoms with Gasteiger partial charge in [0.15, 0.2) is 0 Å².